The first-order chi connectivity index (χ1) is 10.3. The Bertz CT molecular complexity index is 916. The van der Waals surface area contributed by atoms with Gasteiger partial charge in [0.1, 0.15) is 0 Å². The molecule has 0 N–H and O–H groups in total. The number of hydrogen-bond acceptors (Lipinski definition) is 1. The van der Waals surface area contributed by atoms with E-state index in [1.807, 2.05) is 12.4 Å². The number of fused-ring (bicyclic) bond motifs is 3. The molecule has 3 heteroatoms. The highest BCUT2D eigenvalue weighted by Crippen LogP contribution is 2.32. The lowest BCUT2D eigenvalue weighted by atomic mass is 10.2. The van der Waals surface area contributed by atoms with Crippen LogP contribution in [0.1, 0.15) is 5.56 Å². The van der Waals surface area contributed by atoms with E-state index in [-0.39, 0.29) is 0 Å². The molecule has 4 aromatic rings. The van der Waals surface area contributed by atoms with Gasteiger partial charge in [-0.2, -0.15) is 0 Å². The van der Waals surface area contributed by atoms with Gasteiger partial charge >= 0.3 is 0 Å². The lowest BCUT2D eigenvalue weighted by Gasteiger charge is -2.09. The molecule has 0 aliphatic heterocycles. The van der Waals surface area contributed by atoms with Crippen molar-refractivity contribution in [2.45, 2.75) is 6.92 Å². The molecule has 0 spiro atoms. The highest BCUT2D eigenvalue weighted by atomic mass is 79.9. The van der Waals surface area contributed by atoms with Crippen LogP contribution < -0.4 is 0 Å². The number of nitrogens with zero attached hydrogens (tertiary/aromatic N) is 2. The van der Waals surface area contributed by atoms with Crippen LogP contribution in [0.3, 0.4) is 0 Å². The number of benzene rings is 2. The fourth-order valence-corrected chi connectivity index (χ4v) is 3.11. The van der Waals surface area contributed by atoms with Crippen LogP contribution in [-0.4, -0.2) is 9.55 Å². The number of rotatable bonds is 1. The van der Waals surface area contributed by atoms with Crippen LogP contribution >= 0.6 is 15.9 Å². The quantitative estimate of drug-likeness (QED) is 0.464. The van der Waals surface area contributed by atoms with E-state index < -0.39 is 0 Å². The summed E-state index contributed by atoms with van der Waals surface area (Å²) in [4.78, 5) is 4.28. The van der Waals surface area contributed by atoms with Gasteiger partial charge in [0.05, 0.1) is 11.0 Å². The summed E-state index contributed by atoms with van der Waals surface area (Å²) in [5, 5.41) is 2.43. The zero-order valence-electron chi connectivity index (χ0n) is 11.5. The van der Waals surface area contributed by atoms with E-state index in [4.69, 9.17) is 0 Å². The minimum Gasteiger partial charge on any atom is -0.309 e. The molecule has 0 amide bonds. The zero-order valence-corrected chi connectivity index (χ0v) is 13.1. The Balaban J connectivity index is 2.17. The van der Waals surface area contributed by atoms with Crippen molar-refractivity contribution in [2.24, 2.45) is 0 Å². The van der Waals surface area contributed by atoms with Gasteiger partial charge in [-0.25, -0.2) is 0 Å². The van der Waals surface area contributed by atoms with E-state index in [0.717, 1.165) is 4.47 Å². The Hall–Kier alpha value is -2.13. The first kappa shape index (κ1) is 12.6. The molecular formula is C18H13BrN2. The molecule has 0 saturated heterocycles. The molecule has 0 atom stereocenters. The molecule has 4 rings (SSSR count). The lowest BCUT2D eigenvalue weighted by Crippen LogP contribution is -1.94. The molecule has 2 aromatic carbocycles. The van der Waals surface area contributed by atoms with Gasteiger partial charge in [-0.05, 0) is 42.8 Å². The van der Waals surface area contributed by atoms with E-state index in [0.29, 0.717) is 0 Å². The molecule has 102 valence electrons. The lowest BCUT2D eigenvalue weighted by molar-refractivity contribution is 1.16. The minimum atomic E-state index is 1.13. The summed E-state index contributed by atoms with van der Waals surface area (Å²) in [6.45, 7) is 2.11. The third kappa shape index (κ3) is 1.88. The number of pyridine rings is 1. The molecule has 2 nitrogen and oxygen atoms in total. The van der Waals surface area contributed by atoms with Gasteiger partial charge in [-0.15, -0.1) is 0 Å². The third-order valence-corrected chi connectivity index (χ3v) is 4.76. The van der Waals surface area contributed by atoms with Gasteiger partial charge in [0, 0.05) is 33.3 Å². The normalized spacial score (nSPS) is 11.3. The fraction of sp³-hybridized carbons (Fsp3) is 0.0556. The molecule has 0 aliphatic carbocycles. The maximum Gasteiger partial charge on any atom is 0.0571 e. The van der Waals surface area contributed by atoms with Crippen LogP contribution in [0.25, 0.3) is 27.5 Å². The SMILES string of the molecule is Cc1cc(-n2c3ccccc3c3cnccc32)ccc1Br. The molecule has 0 radical (unpaired) electrons. The molecule has 0 fully saturated rings. The third-order valence-electron chi connectivity index (χ3n) is 3.87. The van der Waals surface area contributed by atoms with E-state index in [2.05, 4.69) is 80.9 Å². The van der Waals surface area contributed by atoms with Gasteiger partial charge in [0.2, 0.25) is 0 Å². The van der Waals surface area contributed by atoms with Crippen molar-refractivity contribution < 1.29 is 0 Å². The van der Waals surface area contributed by atoms with Crippen LogP contribution in [0.2, 0.25) is 0 Å². The topological polar surface area (TPSA) is 17.8 Å². The number of aryl methyl sites for hydroxylation is 1. The second-order valence-electron chi connectivity index (χ2n) is 5.18. The van der Waals surface area contributed by atoms with Gasteiger partial charge < -0.3 is 4.57 Å². The Labute approximate surface area is 131 Å². The summed E-state index contributed by atoms with van der Waals surface area (Å²) < 4.78 is 3.43. The summed E-state index contributed by atoms with van der Waals surface area (Å²) in [5.41, 5.74) is 4.80. The van der Waals surface area contributed by atoms with Crippen molar-refractivity contribution in [1.82, 2.24) is 9.55 Å². The van der Waals surface area contributed by atoms with E-state index in [9.17, 15) is 0 Å². The second-order valence-corrected chi connectivity index (χ2v) is 6.03. The summed E-state index contributed by atoms with van der Waals surface area (Å²) in [6, 6.07) is 17.0. The summed E-state index contributed by atoms with van der Waals surface area (Å²) in [5.74, 6) is 0. The van der Waals surface area contributed by atoms with Gasteiger partial charge in [0.25, 0.3) is 0 Å². The van der Waals surface area contributed by atoms with Gasteiger partial charge in [-0.3, -0.25) is 4.98 Å². The van der Waals surface area contributed by atoms with Crippen LogP contribution in [0, 0.1) is 6.92 Å². The molecule has 2 heterocycles. The number of hydrogen-bond donors (Lipinski definition) is 0. The molecule has 0 bridgehead atoms. The van der Waals surface area contributed by atoms with Crippen LogP contribution in [0.15, 0.2) is 65.4 Å². The number of aromatic nitrogens is 2. The first-order valence-electron chi connectivity index (χ1n) is 6.85. The summed E-state index contributed by atoms with van der Waals surface area (Å²) in [7, 11) is 0. The maximum absolute atomic E-state index is 4.28. The van der Waals surface area contributed by atoms with Crippen LogP contribution in [0.5, 0.6) is 0 Å². The molecule has 0 unspecified atom stereocenters. The number of halogens is 1. The van der Waals surface area contributed by atoms with Crippen molar-refractivity contribution >= 4 is 37.7 Å². The highest BCUT2D eigenvalue weighted by molar-refractivity contribution is 9.10. The Morgan fingerprint density at radius 1 is 0.952 bits per heavy atom. The average Bonchev–Trinajstić information content (AvgIpc) is 2.85. The van der Waals surface area contributed by atoms with Crippen molar-refractivity contribution in [3.05, 3.63) is 71.0 Å². The van der Waals surface area contributed by atoms with Gasteiger partial charge in [-0.1, -0.05) is 34.1 Å². The first-order valence-corrected chi connectivity index (χ1v) is 7.65. The maximum atomic E-state index is 4.28. The van der Waals surface area contributed by atoms with Crippen molar-refractivity contribution in [3.63, 3.8) is 0 Å². The number of para-hydroxylation sites is 1. The molecule has 21 heavy (non-hydrogen) atoms. The molecule has 2 aromatic heterocycles. The standard InChI is InChI=1S/C18H13BrN2/c1-12-10-13(6-7-16(12)19)21-17-5-3-2-4-14(17)15-11-20-9-8-18(15)21/h2-11H,1H3. The second kappa shape index (κ2) is 4.71. The van der Waals surface area contributed by atoms with E-state index >= 15 is 0 Å². The van der Waals surface area contributed by atoms with Crippen LogP contribution in [-0.2, 0) is 0 Å². The predicted octanol–water partition coefficient (Wildman–Crippen LogP) is 5.25. The Morgan fingerprint density at radius 3 is 2.62 bits per heavy atom. The van der Waals surface area contributed by atoms with Gasteiger partial charge in [0.15, 0.2) is 0 Å². The fourth-order valence-electron chi connectivity index (χ4n) is 2.86. The molecule has 0 saturated carbocycles. The highest BCUT2D eigenvalue weighted by Gasteiger charge is 2.11. The summed E-state index contributed by atoms with van der Waals surface area (Å²) in [6.07, 6.45) is 3.79. The summed E-state index contributed by atoms with van der Waals surface area (Å²) >= 11 is 3.57. The van der Waals surface area contributed by atoms with Crippen molar-refractivity contribution in [3.8, 4) is 5.69 Å². The van der Waals surface area contributed by atoms with Crippen molar-refractivity contribution in [1.29, 1.82) is 0 Å². The van der Waals surface area contributed by atoms with Crippen LogP contribution in [0.4, 0.5) is 0 Å². The Morgan fingerprint density at radius 2 is 1.76 bits per heavy atom. The Kier molecular flexibility index (Phi) is 2.82. The monoisotopic (exact) mass is 336 g/mol. The molecular weight excluding hydrogens is 324 g/mol. The average molecular weight is 337 g/mol. The minimum absolute atomic E-state index is 1.13. The molecule has 0 aliphatic rings. The van der Waals surface area contributed by atoms with E-state index in [1.165, 1.54) is 33.1 Å². The van der Waals surface area contributed by atoms with Crippen molar-refractivity contribution in [2.75, 3.05) is 0 Å². The van der Waals surface area contributed by atoms with E-state index in [1.54, 1.807) is 0 Å². The smallest absolute Gasteiger partial charge is 0.0571 e. The zero-order chi connectivity index (χ0) is 14.4. The largest absolute Gasteiger partial charge is 0.309 e. The predicted molar refractivity (Wildman–Crippen MR) is 91.0 cm³/mol.